The van der Waals surface area contributed by atoms with Gasteiger partial charge in [0.2, 0.25) is 0 Å². The summed E-state index contributed by atoms with van der Waals surface area (Å²) in [4.78, 5) is 2.15. The highest BCUT2D eigenvalue weighted by atomic mass is 15.6. The molecule has 64 valence electrons. The standard InChI is InChI=1S/C8H17N3/c1-5-8-10(4)6-9-11(8)7(2)3/h6-8H,5H2,1-4H3. The number of hydrogen-bond acceptors (Lipinski definition) is 3. The Morgan fingerprint density at radius 2 is 2.18 bits per heavy atom. The predicted molar refractivity (Wildman–Crippen MR) is 47.3 cm³/mol. The van der Waals surface area contributed by atoms with E-state index in [1.165, 1.54) is 0 Å². The maximum Gasteiger partial charge on any atom is 0.118 e. The average Bonchev–Trinajstić information content (AvgIpc) is 2.30. The zero-order valence-corrected chi connectivity index (χ0v) is 7.78. The van der Waals surface area contributed by atoms with Crippen molar-refractivity contribution < 1.29 is 0 Å². The molecule has 0 amide bonds. The summed E-state index contributed by atoms with van der Waals surface area (Å²) >= 11 is 0. The lowest BCUT2D eigenvalue weighted by molar-refractivity contribution is 0.109. The van der Waals surface area contributed by atoms with Crippen LogP contribution in [0.2, 0.25) is 0 Å². The van der Waals surface area contributed by atoms with Crippen molar-refractivity contribution in [3.8, 4) is 0 Å². The van der Waals surface area contributed by atoms with E-state index in [1.807, 2.05) is 6.34 Å². The maximum atomic E-state index is 4.30. The quantitative estimate of drug-likeness (QED) is 0.599. The highest BCUT2D eigenvalue weighted by molar-refractivity contribution is 5.56. The van der Waals surface area contributed by atoms with Crippen molar-refractivity contribution in [2.45, 2.75) is 39.4 Å². The van der Waals surface area contributed by atoms with E-state index in [9.17, 15) is 0 Å². The maximum absolute atomic E-state index is 4.30. The zero-order valence-electron chi connectivity index (χ0n) is 7.78. The van der Waals surface area contributed by atoms with Gasteiger partial charge in [-0.25, -0.2) is 0 Å². The predicted octanol–water partition coefficient (Wildman–Crippen LogP) is 1.32. The normalized spacial score (nSPS) is 23.9. The van der Waals surface area contributed by atoms with Crippen LogP contribution in [-0.2, 0) is 0 Å². The monoisotopic (exact) mass is 155 g/mol. The highest BCUT2D eigenvalue weighted by Crippen LogP contribution is 2.16. The second kappa shape index (κ2) is 3.11. The fourth-order valence-electron chi connectivity index (χ4n) is 1.43. The largest absolute Gasteiger partial charge is 0.343 e. The molecule has 0 saturated heterocycles. The Bertz CT molecular complexity index is 153. The van der Waals surface area contributed by atoms with Crippen molar-refractivity contribution in [2.75, 3.05) is 7.05 Å². The molecule has 0 radical (unpaired) electrons. The van der Waals surface area contributed by atoms with Gasteiger partial charge in [-0.1, -0.05) is 6.92 Å². The first kappa shape index (κ1) is 8.37. The molecular weight excluding hydrogens is 138 g/mol. The first-order valence-electron chi connectivity index (χ1n) is 4.21. The molecular formula is C8H17N3. The van der Waals surface area contributed by atoms with Gasteiger partial charge in [0, 0.05) is 13.1 Å². The molecule has 1 rings (SSSR count). The van der Waals surface area contributed by atoms with Gasteiger partial charge in [0.25, 0.3) is 0 Å². The Morgan fingerprint density at radius 3 is 2.55 bits per heavy atom. The lowest BCUT2D eigenvalue weighted by Gasteiger charge is -2.29. The first-order chi connectivity index (χ1) is 5.16. The van der Waals surface area contributed by atoms with E-state index in [4.69, 9.17) is 0 Å². The number of hydrogen-bond donors (Lipinski definition) is 0. The van der Waals surface area contributed by atoms with E-state index < -0.39 is 0 Å². The van der Waals surface area contributed by atoms with E-state index in [1.54, 1.807) is 0 Å². The summed E-state index contributed by atoms with van der Waals surface area (Å²) in [6.07, 6.45) is 3.48. The van der Waals surface area contributed by atoms with Gasteiger partial charge in [-0.05, 0) is 20.3 Å². The van der Waals surface area contributed by atoms with Crippen LogP contribution in [0, 0.1) is 0 Å². The van der Waals surface area contributed by atoms with Crippen LogP contribution in [0.1, 0.15) is 27.2 Å². The smallest absolute Gasteiger partial charge is 0.118 e. The van der Waals surface area contributed by atoms with Crippen LogP contribution in [0.15, 0.2) is 5.10 Å². The molecule has 0 aliphatic carbocycles. The van der Waals surface area contributed by atoms with Gasteiger partial charge in [-0.2, -0.15) is 5.10 Å². The van der Waals surface area contributed by atoms with Crippen LogP contribution in [0.25, 0.3) is 0 Å². The van der Waals surface area contributed by atoms with Gasteiger partial charge in [0.15, 0.2) is 0 Å². The Labute approximate surface area is 68.7 Å². The summed E-state index contributed by atoms with van der Waals surface area (Å²) in [7, 11) is 2.07. The van der Waals surface area contributed by atoms with Crippen LogP contribution >= 0.6 is 0 Å². The second-order valence-corrected chi connectivity index (χ2v) is 3.26. The third-order valence-electron chi connectivity index (χ3n) is 2.04. The number of rotatable bonds is 2. The van der Waals surface area contributed by atoms with E-state index >= 15 is 0 Å². The third-order valence-corrected chi connectivity index (χ3v) is 2.04. The fourth-order valence-corrected chi connectivity index (χ4v) is 1.43. The van der Waals surface area contributed by atoms with E-state index in [0.29, 0.717) is 12.2 Å². The van der Waals surface area contributed by atoms with Crippen LogP contribution in [0.3, 0.4) is 0 Å². The van der Waals surface area contributed by atoms with Crippen molar-refractivity contribution >= 4 is 6.34 Å². The number of nitrogens with zero attached hydrogens (tertiary/aromatic N) is 3. The molecule has 0 aromatic rings. The van der Waals surface area contributed by atoms with E-state index in [-0.39, 0.29) is 0 Å². The molecule has 0 aromatic carbocycles. The van der Waals surface area contributed by atoms with Gasteiger partial charge < -0.3 is 4.90 Å². The van der Waals surface area contributed by atoms with Crippen molar-refractivity contribution in [3.63, 3.8) is 0 Å². The van der Waals surface area contributed by atoms with Gasteiger partial charge in [-0.15, -0.1) is 0 Å². The summed E-state index contributed by atoms with van der Waals surface area (Å²) in [6.45, 7) is 6.52. The minimum atomic E-state index is 0.468. The first-order valence-corrected chi connectivity index (χ1v) is 4.21. The molecule has 0 spiro atoms. The van der Waals surface area contributed by atoms with Crippen LogP contribution < -0.4 is 0 Å². The molecule has 1 heterocycles. The molecule has 1 atom stereocenters. The Hall–Kier alpha value is -0.730. The summed E-state index contributed by atoms with van der Waals surface area (Å²) in [5.74, 6) is 0. The van der Waals surface area contributed by atoms with Crippen LogP contribution in [0.5, 0.6) is 0 Å². The minimum absolute atomic E-state index is 0.468. The second-order valence-electron chi connectivity index (χ2n) is 3.26. The van der Waals surface area contributed by atoms with Gasteiger partial charge in [-0.3, -0.25) is 5.01 Å². The molecule has 0 N–H and O–H groups in total. The van der Waals surface area contributed by atoms with E-state index in [0.717, 1.165) is 6.42 Å². The van der Waals surface area contributed by atoms with Gasteiger partial charge in [0.1, 0.15) is 12.5 Å². The fraction of sp³-hybridized carbons (Fsp3) is 0.875. The molecule has 3 nitrogen and oxygen atoms in total. The Kier molecular flexibility index (Phi) is 2.37. The molecule has 0 fully saturated rings. The summed E-state index contributed by atoms with van der Waals surface area (Å²) in [6, 6.07) is 0.501. The molecule has 3 heteroatoms. The average molecular weight is 155 g/mol. The topological polar surface area (TPSA) is 18.8 Å². The van der Waals surface area contributed by atoms with Crippen molar-refractivity contribution in [2.24, 2.45) is 5.10 Å². The molecule has 1 unspecified atom stereocenters. The zero-order chi connectivity index (χ0) is 8.43. The highest BCUT2D eigenvalue weighted by Gasteiger charge is 2.24. The van der Waals surface area contributed by atoms with Crippen molar-refractivity contribution in [1.29, 1.82) is 0 Å². The Morgan fingerprint density at radius 1 is 1.55 bits per heavy atom. The summed E-state index contributed by atoms with van der Waals surface area (Å²) < 4.78 is 0. The molecule has 0 aromatic heterocycles. The molecule has 0 saturated carbocycles. The lowest BCUT2D eigenvalue weighted by atomic mass is 10.3. The van der Waals surface area contributed by atoms with E-state index in [2.05, 4.69) is 42.8 Å². The van der Waals surface area contributed by atoms with Crippen LogP contribution in [0.4, 0.5) is 0 Å². The molecule has 0 bridgehead atoms. The molecule has 1 aliphatic heterocycles. The number of hydrazone groups is 1. The van der Waals surface area contributed by atoms with Gasteiger partial charge >= 0.3 is 0 Å². The molecule has 11 heavy (non-hydrogen) atoms. The van der Waals surface area contributed by atoms with Crippen LogP contribution in [-0.4, -0.2) is 35.5 Å². The minimum Gasteiger partial charge on any atom is -0.343 e. The lowest BCUT2D eigenvalue weighted by Crippen LogP contribution is -2.40. The summed E-state index contributed by atoms with van der Waals surface area (Å²) in [5, 5.41) is 6.44. The Balaban J connectivity index is 2.61. The van der Waals surface area contributed by atoms with Crippen molar-refractivity contribution in [1.82, 2.24) is 9.91 Å². The SMILES string of the molecule is CCC1N(C)C=NN1C(C)C. The molecule has 1 aliphatic rings. The van der Waals surface area contributed by atoms with Gasteiger partial charge in [0.05, 0.1) is 0 Å². The van der Waals surface area contributed by atoms with Crippen molar-refractivity contribution in [3.05, 3.63) is 0 Å². The summed E-state index contributed by atoms with van der Waals surface area (Å²) in [5.41, 5.74) is 0. The third kappa shape index (κ3) is 1.47.